The molecule has 1 aliphatic heterocycles. The van der Waals surface area contributed by atoms with Gasteiger partial charge < -0.3 is 4.74 Å². The van der Waals surface area contributed by atoms with E-state index in [2.05, 4.69) is 21.5 Å². The number of nitrogens with zero attached hydrogens (tertiary/aromatic N) is 2. The summed E-state index contributed by atoms with van der Waals surface area (Å²) in [6.45, 7) is 0.887. The Hall–Kier alpha value is -0.890. The van der Waals surface area contributed by atoms with Gasteiger partial charge in [-0.25, -0.2) is 15.8 Å². The van der Waals surface area contributed by atoms with Gasteiger partial charge in [0.15, 0.2) is 0 Å². The molecular formula is C11H14N4OS2. The van der Waals surface area contributed by atoms with Gasteiger partial charge in [-0.15, -0.1) is 23.1 Å². The average Bonchev–Trinajstić information content (AvgIpc) is 3.06. The number of ether oxygens (including phenoxy) is 1. The van der Waals surface area contributed by atoms with Gasteiger partial charge >= 0.3 is 0 Å². The van der Waals surface area contributed by atoms with Gasteiger partial charge in [0.05, 0.1) is 6.10 Å². The maximum Gasteiger partial charge on any atom is 0.239 e. The number of hydrogen-bond donors (Lipinski definition) is 2. The van der Waals surface area contributed by atoms with E-state index in [1.165, 1.54) is 6.42 Å². The molecule has 3 heterocycles. The van der Waals surface area contributed by atoms with Gasteiger partial charge in [-0.3, -0.25) is 5.43 Å². The monoisotopic (exact) mass is 282 g/mol. The van der Waals surface area contributed by atoms with Crippen molar-refractivity contribution in [3.8, 4) is 0 Å². The molecule has 1 unspecified atom stereocenters. The Bertz CT molecular complexity index is 539. The molecule has 0 saturated carbocycles. The van der Waals surface area contributed by atoms with Crippen molar-refractivity contribution in [1.82, 2.24) is 9.97 Å². The molecule has 1 atom stereocenters. The van der Waals surface area contributed by atoms with Crippen LogP contribution < -0.4 is 11.3 Å². The normalized spacial score (nSPS) is 19.5. The van der Waals surface area contributed by atoms with Gasteiger partial charge in [-0.1, -0.05) is 0 Å². The fourth-order valence-electron chi connectivity index (χ4n) is 1.95. The number of thiophene rings is 1. The maximum absolute atomic E-state index is 5.62. The summed E-state index contributed by atoms with van der Waals surface area (Å²) in [5, 5.41) is 4.10. The van der Waals surface area contributed by atoms with Crippen LogP contribution in [0.5, 0.6) is 0 Å². The summed E-state index contributed by atoms with van der Waals surface area (Å²) < 4.78 is 5.62. The summed E-state index contributed by atoms with van der Waals surface area (Å²) >= 11 is 3.31. The molecule has 0 bridgehead atoms. The molecule has 0 spiro atoms. The highest BCUT2D eigenvalue weighted by Crippen LogP contribution is 2.31. The van der Waals surface area contributed by atoms with E-state index in [1.54, 1.807) is 23.1 Å². The number of aromatic nitrogens is 2. The quantitative estimate of drug-likeness (QED) is 0.388. The smallest absolute Gasteiger partial charge is 0.239 e. The Morgan fingerprint density at radius 1 is 1.56 bits per heavy atom. The van der Waals surface area contributed by atoms with Crippen LogP contribution in [0.25, 0.3) is 10.2 Å². The molecule has 1 saturated heterocycles. The molecule has 3 N–H and O–H groups in total. The molecular weight excluding hydrogens is 268 g/mol. The lowest BCUT2D eigenvalue weighted by molar-refractivity contribution is 0.129. The molecule has 5 nitrogen and oxygen atoms in total. The zero-order valence-electron chi connectivity index (χ0n) is 9.76. The van der Waals surface area contributed by atoms with Crippen molar-refractivity contribution in [2.24, 2.45) is 5.84 Å². The summed E-state index contributed by atoms with van der Waals surface area (Å²) in [6, 6.07) is 2.05. The molecule has 3 rings (SSSR count). The number of thioether (sulfide) groups is 1. The number of nitrogen functional groups attached to an aromatic ring is 1. The second-order valence-corrected chi connectivity index (χ2v) is 5.99. The van der Waals surface area contributed by atoms with Crippen molar-refractivity contribution in [3.63, 3.8) is 0 Å². The van der Waals surface area contributed by atoms with Gasteiger partial charge in [-0.2, -0.15) is 0 Å². The Labute approximate surface area is 113 Å². The first-order chi connectivity index (χ1) is 8.86. The highest BCUT2D eigenvalue weighted by Gasteiger charge is 2.17. The van der Waals surface area contributed by atoms with Crippen molar-refractivity contribution in [1.29, 1.82) is 0 Å². The Balaban J connectivity index is 1.82. The van der Waals surface area contributed by atoms with Crippen molar-refractivity contribution in [2.75, 3.05) is 17.8 Å². The van der Waals surface area contributed by atoms with E-state index in [1.807, 2.05) is 5.38 Å². The lowest BCUT2D eigenvalue weighted by Gasteiger charge is -2.09. The highest BCUT2D eigenvalue weighted by atomic mass is 32.2. The predicted octanol–water partition coefficient (Wildman–Crippen LogP) is 2.25. The van der Waals surface area contributed by atoms with Gasteiger partial charge in [0.2, 0.25) is 5.95 Å². The van der Waals surface area contributed by atoms with Crippen LogP contribution in [0.15, 0.2) is 16.5 Å². The summed E-state index contributed by atoms with van der Waals surface area (Å²) in [5.74, 6) is 6.80. The third-order valence-electron chi connectivity index (χ3n) is 2.85. The number of hydrazine groups is 1. The van der Waals surface area contributed by atoms with Crippen molar-refractivity contribution >= 4 is 39.3 Å². The zero-order valence-corrected chi connectivity index (χ0v) is 11.4. The number of nitrogens with two attached hydrogens (primary N) is 1. The van der Waals surface area contributed by atoms with Crippen LogP contribution in [0.4, 0.5) is 5.95 Å². The summed E-state index contributed by atoms with van der Waals surface area (Å²) in [7, 11) is 0. The SMILES string of the molecule is NNc1nc(SCC2CCCO2)c2ccsc2n1. The second kappa shape index (κ2) is 5.40. The first kappa shape index (κ1) is 12.2. The van der Waals surface area contributed by atoms with Crippen LogP contribution in [0.2, 0.25) is 0 Å². The lowest BCUT2D eigenvalue weighted by atomic mass is 10.3. The lowest BCUT2D eigenvalue weighted by Crippen LogP contribution is -2.11. The topological polar surface area (TPSA) is 73.1 Å². The molecule has 7 heteroatoms. The molecule has 1 fully saturated rings. The highest BCUT2D eigenvalue weighted by molar-refractivity contribution is 7.99. The Kier molecular flexibility index (Phi) is 3.64. The van der Waals surface area contributed by atoms with E-state index in [0.717, 1.165) is 34.0 Å². The van der Waals surface area contributed by atoms with Crippen molar-refractivity contribution in [3.05, 3.63) is 11.4 Å². The zero-order chi connectivity index (χ0) is 12.4. The van der Waals surface area contributed by atoms with E-state index >= 15 is 0 Å². The van der Waals surface area contributed by atoms with Crippen LogP contribution in [0, 0.1) is 0 Å². The predicted molar refractivity (Wildman–Crippen MR) is 74.9 cm³/mol. The van der Waals surface area contributed by atoms with Crippen LogP contribution >= 0.6 is 23.1 Å². The average molecular weight is 282 g/mol. The van der Waals surface area contributed by atoms with E-state index in [0.29, 0.717) is 12.1 Å². The molecule has 2 aromatic heterocycles. The van der Waals surface area contributed by atoms with Crippen LogP contribution in [0.3, 0.4) is 0 Å². The Morgan fingerprint density at radius 3 is 3.28 bits per heavy atom. The molecule has 18 heavy (non-hydrogen) atoms. The number of rotatable bonds is 4. The molecule has 0 radical (unpaired) electrons. The van der Waals surface area contributed by atoms with Gasteiger partial charge in [-0.05, 0) is 24.3 Å². The second-order valence-electron chi connectivity index (χ2n) is 4.08. The number of hydrogen-bond acceptors (Lipinski definition) is 7. The molecule has 96 valence electrons. The van der Waals surface area contributed by atoms with Gasteiger partial charge in [0.1, 0.15) is 9.86 Å². The fourth-order valence-corrected chi connectivity index (χ4v) is 3.86. The number of anilines is 1. The standard InChI is InChI=1S/C11H14N4OS2/c12-15-11-13-9-8(3-5-17-9)10(14-11)18-6-7-2-1-4-16-7/h3,5,7H,1-2,4,6,12H2,(H,13,14,15). The molecule has 0 amide bonds. The third-order valence-corrected chi connectivity index (χ3v) is 4.78. The number of nitrogens with one attached hydrogen (secondary N) is 1. The minimum atomic E-state index is 0.355. The molecule has 1 aliphatic rings. The van der Waals surface area contributed by atoms with Crippen LogP contribution in [0.1, 0.15) is 12.8 Å². The maximum atomic E-state index is 5.62. The molecule has 2 aromatic rings. The number of fused-ring (bicyclic) bond motifs is 1. The van der Waals surface area contributed by atoms with E-state index in [4.69, 9.17) is 10.6 Å². The molecule has 0 aliphatic carbocycles. The van der Waals surface area contributed by atoms with Gasteiger partial charge in [0.25, 0.3) is 0 Å². The van der Waals surface area contributed by atoms with Gasteiger partial charge in [0, 0.05) is 17.7 Å². The minimum Gasteiger partial charge on any atom is -0.377 e. The summed E-state index contributed by atoms with van der Waals surface area (Å²) in [6.07, 6.45) is 2.67. The van der Waals surface area contributed by atoms with E-state index in [-0.39, 0.29) is 0 Å². The molecule has 0 aromatic carbocycles. The third kappa shape index (κ3) is 2.44. The van der Waals surface area contributed by atoms with Crippen molar-refractivity contribution < 1.29 is 4.74 Å². The first-order valence-corrected chi connectivity index (χ1v) is 7.69. The van der Waals surface area contributed by atoms with E-state index < -0.39 is 0 Å². The summed E-state index contributed by atoms with van der Waals surface area (Å²) in [5.41, 5.74) is 2.52. The first-order valence-electron chi connectivity index (χ1n) is 5.83. The minimum absolute atomic E-state index is 0.355. The van der Waals surface area contributed by atoms with Crippen molar-refractivity contribution in [2.45, 2.75) is 24.0 Å². The largest absolute Gasteiger partial charge is 0.377 e. The Morgan fingerprint density at radius 2 is 2.50 bits per heavy atom. The fraction of sp³-hybridized carbons (Fsp3) is 0.455. The van der Waals surface area contributed by atoms with Crippen LogP contribution in [-0.2, 0) is 4.74 Å². The summed E-state index contributed by atoms with van der Waals surface area (Å²) in [4.78, 5) is 9.71. The van der Waals surface area contributed by atoms with Crippen LogP contribution in [-0.4, -0.2) is 28.4 Å². The van der Waals surface area contributed by atoms with E-state index in [9.17, 15) is 0 Å².